The molecule has 3 rings (SSSR count). The Bertz CT molecular complexity index is 990. The van der Waals surface area contributed by atoms with Crippen LogP contribution in [0.3, 0.4) is 0 Å². The van der Waals surface area contributed by atoms with E-state index in [-0.39, 0.29) is 23.6 Å². The molecular weight excluding hydrogens is 390 g/mol. The number of hydrogen-bond donors (Lipinski definition) is 1. The molecule has 0 saturated carbocycles. The van der Waals surface area contributed by atoms with E-state index in [9.17, 15) is 18.0 Å². The normalized spacial score (nSPS) is 15.6. The summed E-state index contributed by atoms with van der Waals surface area (Å²) in [6.45, 7) is 3.37. The van der Waals surface area contributed by atoms with E-state index >= 15 is 0 Å². The van der Waals surface area contributed by atoms with Gasteiger partial charge in [-0.3, -0.25) is 19.0 Å². The lowest BCUT2D eigenvalue weighted by molar-refractivity contribution is -0.141. The van der Waals surface area contributed by atoms with Crippen molar-refractivity contribution < 1.29 is 27.1 Å². The van der Waals surface area contributed by atoms with Crippen LogP contribution in [0.15, 0.2) is 27.4 Å². The first-order valence-electron chi connectivity index (χ1n) is 8.89. The summed E-state index contributed by atoms with van der Waals surface area (Å²) >= 11 is 0. The van der Waals surface area contributed by atoms with Gasteiger partial charge in [0.15, 0.2) is 5.58 Å². The molecule has 11 heteroatoms. The molecule has 10 nitrogen and oxygen atoms in total. The fourth-order valence-corrected chi connectivity index (χ4v) is 4.10. The summed E-state index contributed by atoms with van der Waals surface area (Å²) in [7, 11) is -2.32. The number of rotatable bonds is 8. The fraction of sp³-hybridized carbons (Fsp3) is 0.529. The fourth-order valence-electron chi connectivity index (χ4n) is 3.01. The second-order valence-electron chi connectivity index (χ2n) is 6.44. The SMILES string of the molecule is COC(=O)Cn1c(=O)oc2cc(NS(=O)(=O)CCCN3CCOCC3)ccc21. The van der Waals surface area contributed by atoms with Crippen molar-refractivity contribution in [3.63, 3.8) is 0 Å². The van der Waals surface area contributed by atoms with Crippen LogP contribution in [-0.2, 0) is 30.8 Å². The maximum Gasteiger partial charge on any atom is 0.420 e. The van der Waals surface area contributed by atoms with Crippen molar-refractivity contribution in [1.82, 2.24) is 9.47 Å². The van der Waals surface area contributed by atoms with Crippen LogP contribution >= 0.6 is 0 Å². The van der Waals surface area contributed by atoms with Crippen LogP contribution in [-0.4, -0.2) is 69.6 Å². The number of aromatic nitrogens is 1. The first-order chi connectivity index (χ1) is 13.4. The molecule has 0 atom stereocenters. The topological polar surface area (TPSA) is 120 Å². The van der Waals surface area contributed by atoms with E-state index in [4.69, 9.17) is 9.15 Å². The minimum Gasteiger partial charge on any atom is -0.468 e. The molecule has 1 aliphatic heterocycles. The van der Waals surface area contributed by atoms with E-state index in [0.717, 1.165) is 17.7 Å². The Balaban J connectivity index is 1.64. The molecule has 28 heavy (non-hydrogen) atoms. The molecule has 1 fully saturated rings. The van der Waals surface area contributed by atoms with E-state index in [1.54, 1.807) is 0 Å². The van der Waals surface area contributed by atoms with Crippen molar-refractivity contribution >= 4 is 32.8 Å². The van der Waals surface area contributed by atoms with E-state index in [1.807, 2.05) is 0 Å². The summed E-state index contributed by atoms with van der Waals surface area (Å²) in [5.74, 6) is -1.32. The number of sulfonamides is 1. The third-order valence-electron chi connectivity index (χ3n) is 4.45. The first kappa shape index (κ1) is 20.4. The molecule has 0 bridgehead atoms. The minimum absolute atomic E-state index is 0.0182. The molecule has 2 heterocycles. The Kier molecular flexibility index (Phi) is 6.37. The van der Waals surface area contributed by atoms with Gasteiger partial charge in [0.25, 0.3) is 0 Å². The Labute approximate surface area is 162 Å². The maximum atomic E-state index is 12.3. The number of ether oxygens (including phenoxy) is 2. The zero-order valence-electron chi connectivity index (χ0n) is 15.5. The number of fused-ring (bicyclic) bond motifs is 1. The highest BCUT2D eigenvalue weighted by atomic mass is 32.2. The Morgan fingerprint density at radius 1 is 1.29 bits per heavy atom. The number of nitrogens with one attached hydrogen (secondary N) is 1. The van der Waals surface area contributed by atoms with Crippen LogP contribution < -0.4 is 10.5 Å². The van der Waals surface area contributed by atoms with Gasteiger partial charge in [-0.2, -0.15) is 0 Å². The molecule has 0 unspecified atom stereocenters. The zero-order valence-corrected chi connectivity index (χ0v) is 16.4. The van der Waals surface area contributed by atoms with Crippen molar-refractivity contribution in [3.05, 3.63) is 28.7 Å². The molecule has 1 N–H and O–H groups in total. The van der Waals surface area contributed by atoms with Crippen LogP contribution in [0.2, 0.25) is 0 Å². The van der Waals surface area contributed by atoms with Gasteiger partial charge in [-0.05, 0) is 25.1 Å². The summed E-state index contributed by atoms with van der Waals surface area (Å²) < 4.78 is 43.2. The Morgan fingerprint density at radius 3 is 2.75 bits per heavy atom. The largest absolute Gasteiger partial charge is 0.468 e. The van der Waals surface area contributed by atoms with Gasteiger partial charge in [-0.1, -0.05) is 0 Å². The van der Waals surface area contributed by atoms with Gasteiger partial charge in [0.2, 0.25) is 10.0 Å². The number of carbonyl (C=O) groups is 1. The van der Waals surface area contributed by atoms with Gasteiger partial charge in [-0.25, -0.2) is 13.2 Å². The van der Waals surface area contributed by atoms with E-state index < -0.39 is 21.7 Å². The van der Waals surface area contributed by atoms with Gasteiger partial charge >= 0.3 is 11.7 Å². The lowest BCUT2D eigenvalue weighted by Crippen LogP contribution is -2.37. The number of hydrogen-bond acceptors (Lipinski definition) is 8. The van der Waals surface area contributed by atoms with Crippen LogP contribution in [0.5, 0.6) is 0 Å². The molecular formula is C17H23N3O7S. The Hall–Kier alpha value is -2.37. The molecule has 1 aromatic heterocycles. The third-order valence-corrected chi connectivity index (χ3v) is 5.82. The standard InChI is InChI=1S/C17H23N3O7S/c1-25-16(21)12-20-14-4-3-13(11-15(14)27-17(20)22)18-28(23,24)10-2-5-19-6-8-26-9-7-19/h3-4,11,18H,2,5-10,12H2,1H3. The second-order valence-corrected chi connectivity index (χ2v) is 8.28. The molecule has 0 amide bonds. The lowest BCUT2D eigenvalue weighted by atomic mass is 10.3. The number of oxazole rings is 1. The Morgan fingerprint density at radius 2 is 2.04 bits per heavy atom. The second kappa shape index (κ2) is 8.76. The van der Waals surface area contributed by atoms with E-state index in [2.05, 4.69) is 14.4 Å². The van der Waals surface area contributed by atoms with Crippen molar-refractivity contribution in [2.24, 2.45) is 0 Å². The van der Waals surface area contributed by atoms with E-state index in [1.165, 1.54) is 25.3 Å². The summed E-state index contributed by atoms with van der Waals surface area (Å²) in [6, 6.07) is 4.46. The predicted octanol–water partition coefficient (Wildman–Crippen LogP) is 0.232. The molecule has 1 saturated heterocycles. The van der Waals surface area contributed by atoms with Crippen molar-refractivity contribution in [3.8, 4) is 0 Å². The molecule has 0 aliphatic carbocycles. The summed E-state index contributed by atoms with van der Waals surface area (Å²) in [4.78, 5) is 25.5. The molecule has 0 spiro atoms. The quantitative estimate of drug-likeness (QED) is 0.611. The first-order valence-corrected chi connectivity index (χ1v) is 10.5. The number of morpholine rings is 1. The van der Waals surface area contributed by atoms with Crippen LogP contribution in [0.4, 0.5) is 5.69 Å². The van der Waals surface area contributed by atoms with Gasteiger partial charge in [0, 0.05) is 19.2 Å². The van der Waals surface area contributed by atoms with Crippen molar-refractivity contribution in [2.45, 2.75) is 13.0 Å². The molecule has 1 aromatic carbocycles. The van der Waals surface area contributed by atoms with Crippen LogP contribution in [0, 0.1) is 0 Å². The monoisotopic (exact) mass is 413 g/mol. The summed E-state index contributed by atoms with van der Waals surface area (Å²) in [5.41, 5.74) is 0.853. The predicted molar refractivity (Wildman–Crippen MR) is 102 cm³/mol. The molecule has 2 aromatic rings. The molecule has 0 radical (unpaired) electrons. The smallest absolute Gasteiger partial charge is 0.420 e. The van der Waals surface area contributed by atoms with Crippen LogP contribution in [0.25, 0.3) is 11.1 Å². The average Bonchev–Trinajstić information content (AvgIpc) is 2.96. The third kappa shape index (κ3) is 5.12. The highest BCUT2D eigenvalue weighted by molar-refractivity contribution is 7.92. The van der Waals surface area contributed by atoms with Gasteiger partial charge in [-0.15, -0.1) is 0 Å². The zero-order chi connectivity index (χ0) is 20.1. The number of nitrogens with zero attached hydrogens (tertiary/aromatic N) is 2. The molecule has 1 aliphatic rings. The lowest BCUT2D eigenvalue weighted by Gasteiger charge is -2.26. The van der Waals surface area contributed by atoms with E-state index in [0.29, 0.717) is 31.7 Å². The number of benzene rings is 1. The highest BCUT2D eigenvalue weighted by Gasteiger charge is 2.17. The number of esters is 1. The highest BCUT2D eigenvalue weighted by Crippen LogP contribution is 2.20. The summed E-state index contributed by atoms with van der Waals surface area (Å²) in [5, 5.41) is 0. The van der Waals surface area contributed by atoms with Gasteiger partial charge in [0.05, 0.1) is 37.3 Å². The van der Waals surface area contributed by atoms with Crippen molar-refractivity contribution in [2.75, 3.05) is 50.4 Å². The van der Waals surface area contributed by atoms with Crippen LogP contribution in [0.1, 0.15) is 6.42 Å². The number of anilines is 1. The average molecular weight is 413 g/mol. The van der Waals surface area contributed by atoms with Gasteiger partial charge in [0.1, 0.15) is 6.54 Å². The molecule has 154 valence electrons. The maximum absolute atomic E-state index is 12.3. The van der Waals surface area contributed by atoms with Gasteiger partial charge < -0.3 is 13.9 Å². The number of carbonyl (C=O) groups excluding carboxylic acids is 1. The van der Waals surface area contributed by atoms with Crippen molar-refractivity contribution in [1.29, 1.82) is 0 Å². The minimum atomic E-state index is -3.54. The summed E-state index contributed by atoms with van der Waals surface area (Å²) in [6.07, 6.45) is 0.502. The number of methoxy groups -OCH3 is 1.